The second-order valence-corrected chi connectivity index (χ2v) is 16.5. The van der Waals surface area contributed by atoms with Gasteiger partial charge in [0, 0.05) is 0 Å². The van der Waals surface area contributed by atoms with Gasteiger partial charge in [-0.25, -0.2) is 0 Å². The first-order valence-corrected chi connectivity index (χ1v) is 22.6. The Morgan fingerprint density at radius 1 is 0.212 bits per heavy atom. The van der Waals surface area contributed by atoms with Crippen molar-refractivity contribution in [2.75, 3.05) is 0 Å². The van der Waals surface area contributed by atoms with Gasteiger partial charge in [-0.2, -0.15) is 0 Å². The van der Waals surface area contributed by atoms with E-state index < -0.39 is 0 Å². The van der Waals surface area contributed by atoms with Crippen molar-refractivity contribution in [1.29, 1.82) is 0 Å². The van der Waals surface area contributed by atoms with Crippen LogP contribution in [-0.4, -0.2) is 0 Å². The Kier molecular flexibility index (Phi) is 12.5. The smallest absolute Gasteiger partial charge is 0.0105 e. The standard InChI is InChI=1S/C66H48/c1-5-15-53(16-6-1)55-37-41-61(42-38-55)65(57-19-9-3-10-20-57)47-51-29-25-49(26-30-51)33-35-59-45-46-60(64-24-14-13-23-63(59)64)36-34-50-27-31-52(32-28-50)48-66(58-21-11-4-12-22-58)62-43-39-56(40-44-62)54-17-7-2-8-18-54/h1-48H. The summed E-state index contributed by atoms with van der Waals surface area (Å²) in [5.41, 5.74) is 19.1. The van der Waals surface area contributed by atoms with E-state index in [1.165, 1.54) is 77.6 Å². The fourth-order valence-electron chi connectivity index (χ4n) is 8.60. The minimum absolute atomic E-state index is 1.16. The highest BCUT2D eigenvalue weighted by Gasteiger charge is 2.09. The third kappa shape index (κ3) is 9.80. The van der Waals surface area contributed by atoms with Gasteiger partial charge in [-0.1, -0.05) is 279 Å². The quantitative estimate of drug-likeness (QED) is 0.108. The molecule has 0 aliphatic heterocycles. The third-order valence-corrected chi connectivity index (χ3v) is 12.2. The molecule has 0 heteroatoms. The van der Waals surface area contributed by atoms with Crippen LogP contribution >= 0.6 is 0 Å². The lowest BCUT2D eigenvalue weighted by Crippen LogP contribution is -1.89. The van der Waals surface area contributed by atoms with Gasteiger partial charge in [0.2, 0.25) is 0 Å². The van der Waals surface area contributed by atoms with Crippen molar-refractivity contribution in [1.82, 2.24) is 0 Å². The van der Waals surface area contributed by atoms with Crippen molar-refractivity contribution in [3.63, 3.8) is 0 Å². The summed E-state index contributed by atoms with van der Waals surface area (Å²) in [7, 11) is 0. The molecular formula is C66H48. The molecule has 0 nitrogen and oxygen atoms in total. The molecule has 0 heterocycles. The van der Waals surface area contributed by atoms with E-state index >= 15 is 0 Å². The summed E-state index contributed by atoms with van der Waals surface area (Å²) in [6.07, 6.45) is 13.5. The zero-order chi connectivity index (χ0) is 44.3. The molecule has 0 fully saturated rings. The SMILES string of the molecule is C(=Cc1ccc(C=Cc2ccc(C=C(c3ccccc3)c3ccc(-c4ccccc4)cc3)cc2)c2ccccc12)c1ccc(C=C(c2ccccc2)c2ccc(-c3ccccc3)cc2)cc1. The van der Waals surface area contributed by atoms with E-state index in [0.29, 0.717) is 0 Å². The van der Waals surface area contributed by atoms with Crippen molar-refractivity contribution in [2.45, 2.75) is 0 Å². The van der Waals surface area contributed by atoms with Crippen LogP contribution in [0.25, 0.3) is 80.6 Å². The molecule has 10 aromatic rings. The van der Waals surface area contributed by atoms with Gasteiger partial charge < -0.3 is 0 Å². The minimum atomic E-state index is 1.16. The fourth-order valence-corrected chi connectivity index (χ4v) is 8.60. The van der Waals surface area contributed by atoms with Crippen LogP contribution in [0.3, 0.4) is 0 Å². The fraction of sp³-hybridized carbons (Fsp3) is 0. The average molecular weight is 841 g/mol. The zero-order valence-electron chi connectivity index (χ0n) is 36.7. The van der Waals surface area contributed by atoms with Crippen molar-refractivity contribution >= 4 is 58.4 Å². The molecule has 10 rings (SSSR count). The van der Waals surface area contributed by atoms with Gasteiger partial charge in [-0.3, -0.25) is 0 Å². The van der Waals surface area contributed by atoms with Gasteiger partial charge in [-0.15, -0.1) is 0 Å². The van der Waals surface area contributed by atoms with Gasteiger partial charge in [-0.05, 0) is 112 Å². The summed E-state index contributed by atoms with van der Waals surface area (Å²) in [4.78, 5) is 0. The molecule has 0 aliphatic carbocycles. The number of rotatable bonds is 12. The van der Waals surface area contributed by atoms with Crippen LogP contribution in [0.15, 0.2) is 255 Å². The first kappa shape index (κ1) is 41.4. The topological polar surface area (TPSA) is 0 Å². The van der Waals surface area contributed by atoms with Crippen LogP contribution in [0.1, 0.15) is 55.6 Å². The summed E-state index contributed by atoms with van der Waals surface area (Å²) < 4.78 is 0. The lowest BCUT2D eigenvalue weighted by Gasteiger charge is -2.11. The molecule has 0 saturated heterocycles. The van der Waals surface area contributed by atoms with Gasteiger partial charge in [0.05, 0.1) is 0 Å². The molecule has 10 aromatic carbocycles. The molecule has 0 saturated carbocycles. The summed E-state index contributed by atoms with van der Waals surface area (Å²) in [6, 6.07) is 91.0. The average Bonchev–Trinajstić information content (AvgIpc) is 3.40. The largest absolute Gasteiger partial charge is 0.0622 e. The van der Waals surface area contributed by atoms with E-state index in [-0.39, 0.29) is 0 Å². The summed E-state index contributed by atoms with van der Waals surface area (Å²) >= 11 is 0. The van der Waals surface area contributed by atoms with E-state index in [1.54, 1.807) is 0 Å². The number of hydrogen-bond acceptors (Lipinski definition) is 0. The van der Waals surface area contributed by atoms with E-state index in [4.69, 9.17) is 0 Å². The summed E-state index contributed by atoms with van der Waals surface area (Å²) in [5, 5.41) is 2.46. The van der Waals surface area contributed by atoms with Crippen LogP contribution in [0.4, 0.5) is 0 Å². The molecule has 0 aliphatic rings. The maximum Gasteiger partial charge on any atom is -0.0105 e. The Labute approximate surface area is 389 Å². The molecular weight excluding hydrogens is 793 g/mol. The maximum atomic E-state index is 2.29. The van der Waals surface area contributed by atoms with Crippen LogP contribution in [0.5, 0.6) is 0 Å². The van der Waals surface area contributed by atoms with E-state index in [9.17, 15) is 0 Å². The molecule has 0 bridgehead atoms. The molecule has 0 atom stereocenters. The molecule has 0 spiro atoms. The second-order valence-electron chi connectivity index (χ2n) is 16.5. The lowest BCUT2D eigenvalue weighted by molar-refractivity contribution is 1.54. The third-order valence-electron chi connectivity index (χ3n) is 12.2. The van der Waals surface area contributed by atoms with Gasteiger partial charge in [0.1, 0.15) is 0 Å². The Hall–Kier alpha value is -8.58. The van der Waals surface area contributed by atoms with Crippen LogP contribution < -0.4 is 0 Å². The molecule has 312 valence electrons. The van der Waals surface area contributed by atoms with E-state index in [1.807, 2.05) is 0 Å². The van der Waals surface area contributed by atoms with Crippen molar-refractivity contribution < 1.29 is 0 Å². The maximum absolute atomic E-state index is 2.29. The van der Waals surface area contributed by atoms with Crippen molar-refractivity contribution in [2.24, 2.45) is 0 Å². The summed E-state index contributed by atoms with van der Waals surface area (Å²) in [6.45, 7) is 0. The first-order chi connectivity index (χ1) is 32.7. The highest BCUT2D eigenvalue weighted by molar-refractivity contribution is 5.99. The molecule has 0 unspecified atom stereocenters. The van der Waals surface area contributed by atoms with Gasteiger partial charge in [0.25, 0.3) is 0 Å². The first-order valence-electron chi connectivity index (χ1n) is 22.6. The molecule has 66 heavy (non-hydrogen) atoms. The van der Waals surface area contributed by atoms with Crippen molar-refractivity contribution in [3.8, 4) is 22.3 Å². The Balaban J connectivity index is 0.855. The Morgan fingerprint density at radius 3 is 0.864 bits per heavy atom. The Bertz CT molecular complexity index is 3070. The summed E-state index contributed by atoms with van der Waals surface area (Å²) in [5.74, 6) is 0. The number of hydrogen-bond donors (Lipinski definition) is 0. The van der Waals surface area contributed by atoms with Crippen LogP contribution in [0.2, 0.25) is 0 Å². The molecule has 0 N–H and O–H groups in total. The predicted octanol–water partition coefficient (Wildman–Crippen LogP) is 17.7. The van der Waals surface area contributed by atoms with Crippen molar-refractivity contribution in [3.05, 3.63) is 310 Å². The predicted molar refractivity (Wildman–Crippen MR) is 285 cm³/mol. The molecule has 0 amide bonds. The lowest BCUT2D eigenvalue weighted by atomic mass is 9.93. The van der Waals surface area contributed by atoms with Gasteiger partial charge >= 0.3 is 0 Å². The Morgan fingerprint density at radius 2 is 0.500 bits per heavy atom. The van der Waals surface area contributed by atoms with Crippen LogP contribution in [0, 0.1) is 0 Å². The highest BCUT2D eigenvalue weighted by atomic mass is 14.1. The molecule has 0 radical (unpaired) electrons. The van der Waals surface area contributed by atoms with Crippen LogP contribution in [-0.2, 0) is 0 Å². The van der Waals surface area contributed by atoms with E-state index in [2.05, 4.69) is 291 Å². The minimum Gasteiger partial charge on any atom is -0.0622 e. The molecule has 0 aromatic heterocycles. The monoisotopic (exact) mass is 840 g/mol. The number of benzene rings is 10. The normalized spacial score (nSPS) is 12.0. The van der Waals surface area contributed by atoms with E-state index in [0.717, 1.165) is 22.3 Å². The second kappa shape index (κ2) is 19.9. The zero-order valence-corrected chi connectivity index (χ0v) is 36.7. The van der Waals surface area contributed by atoms with Gasteiger partial charge in [0.15, 0.2) is 0 Å². The number of fused-ring (bicyclic) bond motifs is 1. The highest BCUT2D eigenvalue weighted by Crippen LogP contribution is 2.32.